The van der Waals surface area contributed by atoms with Crippen molar-refractivity contribution < 1.29 is 28.6 Å². The van der Waals surface area contributed by atoms with Gasteiger partial charge in [0.15, 0.2) is 6.61 Å². The maximum Gasteiger partial charge on any atom is 0.342 e. The van der Waals surface area contributed by atoms with Crippen molar-refractivity contribution in [3.8, 4) is 11.5 Å². The lowest BCUT2D eigenvalue weighted by Crippen LogP contribution is -2.28. The summed E-state index contributed by atoms with van der Waals surface area (Å²) in [6.45, 7) is 1.34. The number of hydrogen-bond donors (Lipinski definition) is 2. The Morgan fingerprint density at radius 1 is 0.853 bits per heavy atom. The second-order valence-electron chi connectivity index (χ2n) is 7.34. The first kappa shape index (κ1) is 24.3. The minimum Gasteiger partial charge on any atom is -0.497 e. The minimum atomic E-state index is -0.725. The molecule has 2 N–H and O–H groups in total. The van der Waals surface area contributed by atoms with Crippen LogP contribution >= 0.6 is 0 Å². The minimum absolute atomic E-state index is 0.158. The van der Waals surface area contributed by atoms with Crippen molar-refractivity contribution in [2.45, 2.75) is 13.0 Å². The summed E-state index contributed by atoms with van der Waals surface area (Å²) in [5.74, 6) is -0.872. The number of amides is 2. The molecule has 0 heterocycles. The van der Waals surface area contributed by atoms with Gasteiger partial charge in [0.25, 0.3) is 11.8 Å². The van der Waals surface area contributed by atoms with E-state index in [0.29, 0.717) is 17.0 Å². The second kappa shape index (κ2) is 11.5. The van der Waals surface area contributed by atoms with Gasteiger partial charge in [-0.3, -0.25) is 9.59 Å². The van der Waals surface area contributed by atoms with Gasteiger partial charge in [-0.2, -0.15) is 0 Å². The fourth-order valence-electron chi connectivity index (χ4n) is 3.25. The summed E-state index contributed by atoms with van der Waals surface area (Å²) >= 11 is 0. The Morgan fingerprint density at radius 3 is 2.26 bits per heavy atom. The topological polar surface area (TPSA) is 103 Å². The average molecular weight is 463 g/mol. The first-order valence-corrected chi connectivity index (χ1v) is 10.6. The molecule has 3 aromatic carbocycles. The second-order valence-corrected chi connectivity index (χ2v) is 7.34. The number of para-hydroxylation sites is 1. The molecule has 1 unspecified atom stereocenters. The van der Waals surface area contributed by atoms with Gasteiger partial charge in [-0.1, -0.05) is 42.5 Å². The van der Waals surface area contributed by atoms with E-state index in [4.69, 9.17) is 14.2 Å². The van der Waals surface area contributed by atoms with Gasteiger partial charge >= 0.3 is 5.97 Å². The molecule has 34 heavy (non-hydrogen) atoms. The molecule has 3 aromatic rings. The lowest BCUT2D eigenvalue weighted by atomic mass is 10.1. The van der Waals surface area contributed by atoms with Crippen molar-refractivity contribution >= 4 is 23.5 Å². The Balaban J connectivity index is 1.62. The highest BCUT2D eigenvalue weighted by molar-refractivity contribution is 6.04. The van der Waals surface area contributed by atoms with Crippen LogP contribution in [0.2, 0.25) is 0 Å². The highest BCUT2D eigenvalue weighted by atomic mass is 16.5. The quantitative estimate of drug-likeness (QED) is 0.466. The largest absolute Gasteiger partial charge is 0.497 e. The lowest BCUT2D eigenvalue weighted by molar-refractivity contribution is -0.119. The molecule has 0 fully saturated rings. The van der Waals surface area contributed by atoms with E-state index in [1.54, 1.807) is 36.4 Å². The third-order valence-corrected chi connectivity index (χ3v) is 5.06. The molecule has 0 aliphatic heterocycles. The maximum absolute atomic E-state index is 12.8. The van der Waals surface area contributed by atoms with E-state index in [0.717, 1.165) is 5.56 Å². The molecular weight excluding hydrogens is 436 g/mol. The predicted octanol–water partition coefficient (Wildman–Crippen LogP) is 3.99. The lowest BCUT2D eigenvalue weighted by Gasteiger charge is -2.16. The molecular formula is C26H26N2O6. The highest BCUT2D eigenvalue weighted by Gasteiger charge is 2.19. The summed E-state index contributed by atoms with van der Waals surface area (Å²) < 4.78 is 15.4. The van der Waals surface area contributed by atoms with Crippen LogP contribution in [-0.4, -0.2) is 38.6 Å². The molecule has 0 spiro atoms. The molecule has 8 heteroatoms. The first-order chi connectivity index (χ1) is 16.4. The van der Waals surface area contributed by atoms with Crippen molar-refractivity contribution in [1.29, 1.82) is 0 Å². The number of esters is 1. The number of hydrogen-bond acceptors (Lipinski definition) is 6. The van der Waals surface area contributed by atoms with Crippen LogP contribution in [0.3, 0.4) is 0 Å². The summed E-state index contributed by atoms with van der Waals surface area (Å²) in [5.41, 5.74) is 1.72. The van der Waals surface area contributed by atoms with Crippen LogP contribution in [-0.2, 0) is 9.53 Å². The third-order valence-electron chi connectivity index (χ3n) is 5.06. The van der Waals surface area contributed by atoms with Crippen LogP contribution in [0.1, 0.15) is 39.2 Å². The van der Waals surface area contributed by atoms with E-state index in [2.05, 4.69) is 10.6 Å². The van der Waals surface area contributed by atoms with Crippen LogP contribution in [0.15, 0.2) is 72.8 Å². The summed E-state index contributed by atoms with van der Waals surface area (Å²) in [5, 5.41) is 5.55. The number of benzene rings is 3. The highest BCUT2D eigenvalue weighted by Crippen LogP contribution is 2.25. The molecule has 0 saturated heterocycles. The number of carbonyl (C=O) groups is 3. The number of anilines is 1. The van der Waals surface area contributed by atoms with Gasteiger partial charge in [0.1, 0.15) is 17.1 Å². The van der Waals surface area contributed by atoms with Gasteiger partial charge in [-0.25, -0.2) is 4.79 Å². The Morgan fingerprint density at radius 2 is 1.56 bits per heavy atom. The molecule has 3 rings (SSSR count). The monoisotopic (exact) mass is 462 g/mol. The SMILES string of the molecule is COc1ccc(C(=O)OCC(=O)Nc2ccccc2C(=O)NC(C)c2ccccc2)c(OC)c1. The van der Waals surface area contributed by atoms with E-state index in [1.807, 2.05) is 37.3 Å². The molecule has 0 aliphatic carbocycles. The summed E-state index contributed by atoms with van der Waals surface area (Å²) in [4.78, 5) is 37.7. The molecule has 0 bridgehead atoms. The molecule has 8 nitrogen and oxygen atoms in total. The number of ether oxygens (including phenoxy) is 3. The smallest absolute Gasteiger partial charge is 0.342 e. The van der Waals surface area contributed by atoms with Crippen LogP contribution in [0.25, 0.3) is 0 Å². The van der Waals surface area contributed by atoms with E-state index < -0.39 is 18.5 Å². The first-order valence-electron chi connectivity index (χ1n) is 10.6. The van der Waals surface area contributed by atoms with Crippen molar-refractivity contribution in [3.63, 3.8) is 0 Å². The maximum atomic E-state index is 12.8. The zero-order chi connectivity index (χ0) is 24.5. The standard InChI is InChI=1S/C26H26N2O6/c1-17(18-9-5-4-6-10-18)27-25(30)20-11-7-8-12-22(20)28-24(29)16-34-26(31)21-14-13-19(32-2)15-23(21)33-3/h4-15,17H,16H2,1-3H3,(H,27,30)(H,28,29). The van der Waals surface area contributed by atoms with E-state index in [1.165, 1.54) is 20.3 Å². The zero-order valence-electron chi connectivity index (χ0n) is 19.2. The van der Waals surface area contributed by atoms with Crippen molar-refractivity contribution in [2.24, 2.45) is 0 Å². The molecule has 0 radical (unpaired) electrons. The van der Waals surface area contributed by atoms with Crippen LogP contribution in [0.5, 0.6) is 11.5 Å². The molecule has 0 aliphatic rings. The normalized spacial score (nSPS) is 11.1. The van der Waals surface area contributed by atoms with Gasteiger partial charge in [-0.05, 0) is 36.8 Å². The van der Waals surface area contributed by atoms with E-state index in [9.17, 15) is 14.4 Å². The van der Waals surface area contributed by atoms with Gasteiger partial charge in [-0.15, -0.1) is 0 Å². The van der Waals surface area contributed by atoms with Crippen molar-refractivity contribution in [1.82, 2.24) is 5.32 Å². The number of carbonyl (C=O) groups excluding carboxylic acids is 3. The third kappa shape index (κ3) is 6.13. The molecule has 0 saturated carbocycles. The van der Waals surface area contributed by atoms with Crippen LogP contribution < -0.4 is 20.1 Å². The predicted molar refractivity (Wildman–Crippen MR) is 127 cm³/mol. The van der Waals surface area contributed by atoms with Crippen LogP contribution in [0, 0.1) is 0 Å². The number of nitrogens with one attached hydrogen (secondary N) is 2. The summed E-state index contributed by atoms with van der Waals surface area (Å²) in [6, 6.07) is 20.6. The summed E-state index contributed by atoms with van der Waals surface area (Å²) in [6.07, 6.45) is 0. The van der Waals surface area contributed by atoms with Gasteiger partial charge in [0.2, 0.25) is 0 Å². The van der Waals surface area contributed by atoms with Crippen molar-refractivity contribution in [2.75, 3.05) is 26.1 Å². The fourth-order valence-corrected chi connectivity index (χ4v) is 3.25. The fraction of sp³-hybridized carbons (Fsp3) is 0.192. The molecule has 176 valence electrons. The number of rotatable bonds is 9. The zero-order valence-corrected chi connectivity index (χ0v) is 19.2. The van der Waals surface area contributed by atoms with Crippen LogP contribution in [0.4, 0.5) is 5.69 Å². The molecule has 2 amide bonds. The van der Waals surface area contributed by atoms with E-state index >= 15 is 0 Å². The Kier molecular flexibility index (Phi) is 8.23. The Hall–Kier alpha value is -4.33. The summed E-state index contributed by atoms with van der Waals surface area (Å²) in [7, 11) is 2.91. The van der Waals surface area contributed by atoms with Gasteiger partial charge in [0.05, 0.1) is 31.5 Å². The Labute approximate surface area is 197 Å². The number of methoxy groups -OCH3 is 2. The average Bonchev–Trinajstić information content (AvgIpc) is 2.87. The molecule has 1 atom stereocenters. The van der Waals surface area contributed by atoms with Gasteiger partial charge in [0, 0.05) is 6.07 Å². The van der Waals surface area contributed by atoms with Gasteiger partial charge < -0.3 is 24.8 Å². The van der Waals surface area contributed by atoms with Crippen molar-refractivity contribution in [3.05, 3.63) is 89.5 Å². The van der Waals surface area contributed by atoms with E-state index in [-0.39, 0.29) is 23.3 Å². The molecule has 0 aromatic heterocycles. The Bertz CT molecular complexity index is 1160.